The molecule has 0 radical (unpaired) electrons. The second-order valence-electron chi connectivity index (χ2n) is 4.76. The Labute approximate surface area is 91.5 Å². The third kappa shape index (κ3) is 3.18. The molecular weight excluding hydrogens is 192 g/mol. The van der Waals surface area contributed by atoms with Crippen LogP contribution in [0.5, 0.6) is 0 Å². The fourth-order valence-corrected chi connectivity index (χ4v) is 1.66. The molecule has 15 heavy (non-hydrogen) atoms. The van der Waals surface area contributed by atoms with Crippen LogP contribution in [0, 0.1) is 5.92 Å². The summed E-state index contributed by atoms with van der Waals surface area (Å²) in [5.74, 6) is 0.160. The van der Waals surface area contributed by atoms with E-state index in [-0.39, 0.29) is 17.4 Å². The molecule has 1 saturated heterocycles. The number of carbonyl (C=O) groups is 1. The minimum absolute atomic E-state index is 0.0580. The van der Waals surface area contributed by atoms with Gasteiger partial charge in [0.15, 0.2) is 0 Å². The third-order valence-electron chi connectivity index (χ3n) is 3.20. The zero-order valence-electron chi connectivity index (χ0n) is 9.88. The first-order chi connectivity index (χ1) is 6.98. The molecule has 0 saturated carbocycles. The van der Waals surface area contributed by atoms with Crippen molar-refractivity contribution in [1.82, 2.24) is 5.32 Å². The smallest absolute Gasteiger partial charge is 0.237 e. The predicted molar refractivity (Wildman–Crippen MR) is 59.4 cm³/mol. The average molecular weight is 214 g/mol. The lowest BCUT2D eigenvalue weighted by Gasteiger charge is -2.27. The molecule has 0 aromatic rings. The van der Waals surface area contributed by atoms with Crippen molar-refractivity contribution in [3.8, 4) is 0 Å². The Bertz CT molecular complexity index is 225. The zero-order valence-corrected chi connectivity index (χ0v) is 9.88. The van der Waals surface area contributed by atoms with Crippen LogP contribution in [0.4, 0.5) is 0 Å². The molecule has 1 aliphatic rings. The minimum Gasteiger partial charge on any atom is -0.379 e. The van der Waals surface area contributed by atoms with Gasteiger partial charge in [0.25, 0.3) is 0 Å². The number of nitrogens with one attached hydrogen (secondary N) is 1. The summed E-state index contributed by atoms with van der Waals surface area (Å²) in [7, 11) is 0. The van der Waals surface area contributed by atoms with E-state index in [0.29, 0.717) is 6.61 Å². The molecule has 0 bridgehead atoms. The predicted octanol–water partition coefficient (Wildman–Crippen LogP) is 0.655. The maximum Gasteiger partial charge on any atom is 0.237 e. The van der Waals surface area contributed by atoms with Crippen LogP contribution in [-0.4, -0.2) is 30.7 Å². The summed E-state index contributed by atoms with van der Waals surface area (Å²) < 4.78 is 5.27. The molecule has 0 aromatic heterocycles. The Kier molecular flexibility index (Phi) is 4.11. The number of rotatable bonds is 4. The van der Waals surface area contributed by atoms with E-state index in [1.807, 2.05) is 20.8 Å². The first kappa shape index (κ1) is 12.5. The zero-order chi connectivity index (χ0) is 11.5. The molecular formula is C11H22N2O2. The van der Waals surface area contributed by atoms with Crippen molar-refractivity contribution < 1.29 is 9.53 Å². The molecule has 1 rings (SSSR count). The summed E-state index contributed by atoms with van der Waals surface area (Å²) in [4.78, 5) is 11.8. The van der Waals surface area contributed by atoms with Gasteiger partial charge in [-0.1, -0.05) is 20.3 Å². The monoisotopic (exact) mass is 214 g/mol. The molecule has 1 heterocycles. The summed E-state index contributed by atoms with van der Waals surface area (Å²) in [5.41, 5.74) is 5.64. The van der Waals surface area contributed by atoms with Crippen LogP contribution >= 0.6 is 0 Å². The number of amides is 1. The second kappa shape index (κ2) is 4.94. The van der Waals surface area contributed by atoms with E-state index >= 15 is 0 Å². The van der Waals surface area contributed by atoms with Crippen molar-refractivity contribution in [1.29, 1.82) is 0 Å². The van der Waals surface area contributed by atoms with E-state index in [0.717, 1.165) is 19.4 Å². The molecule has 3 N–H and O–H groups in total. The van der Waals surface area contributed by atoms with Gasteiger partial charge in [-0.15, -0.1) is 0 Å². The van der Waals surface area contributed by atoms with Crippen molar-refractivity contribution >= 4 is 5.91 Å². The van der Waals surface area contributed by atoms with Gasteiger partial charge in [0.05, 0.1) is 18.2 Å². The summed E-state index contributed by atoms with van der Waals surface area (Å²) in [6.07, 6.45) is 1.79. The van der Waals surface area contributed by atoms with Crippen LogP contribution in [0.25, 0.3) is 0 Å². The molecule has 3 unspecified atom stereocenters. The van der Waals surface area contributed by atoms with E-state index in [1.165, 1.54) is 0 Å². The fourth-order valence-electron chi connectivity index (χ4n) is 1.66. The van der Waals surface area contributed by atoms with Crippen LogP contribution in [-0.2, 0) is 9.53 Å². The molecule has 1 amide bonds. The quantitative estimate of drug-likeness (QED) is 0.722. The normalized spacial score (nSPS) is 29.9. The summed E-state index contributed by atoms with van der Waals surface area (Å²) in [6, 6.07) is -0.410. The van der Waals surface area contributed by atoms with E-state index < -0.39 is 6.04 Å². The van der Waals surface area contributed by atoms with Gasteiger partial charge < -0.3 is 15.8 Å². The minimum atomic E-state index is -0.410. The molecule has 3 atom stereocenters. The highest BCUT2D eigenvalue weighted by Gasteiger charge is 2.33. The van der Waals surface area contributed by atoms with Gasteiger partial charge in [0, 0.05) is 6.61 Å². The molecule has 88 valence electrons. The maximum absolute atomic E-state index is 11.8. The molecule has 0 aliphatic carbocycles. The van der Waals surface area contributed by atoms with Crippen LogP contribution in [0.15, 0.2) is 0 Å². The van der Waals surface area contributed by atoms with Crippen molar-refractivity contribution in [2.45, 2.75) is 45.2 Å². The van der Waals surface area contributed by atoms with Gasteiger partial charge in [-0.05, 0) is 19.3 Å². The van der Waals surface area contributed by atoms with E-state index in [1.54, 1.807) is 0 Å². The average Bonchev–Trinajstić information content (AvgIpc) is 2.62. The van der Waals surface area contributed by atoms with E-state index in [4.69, 9.17) is 10.5 Å². The highest BCUT2D eigenvalue weighted by atomic mass is 16.5. The van der Waals surface area contributed by atoms with Crippen LogP contribution < -0.4 is 11.1 Å². The fraction of sp³-hybridized carbons (Fsp3) is 0.909. The lowest BCUT2D eigenvalue weighted by Crippen LogP contribution is -2.54. The van der Waals surface area contributed by atoms with Crippen LogP contribution in [0.1, 0.15) is 33.6 Å². The lowest BCUT2D eigenvalue weighted by atomic mass is 9.96. The first-order valence-corrected chi connectivity index (χ1v) is 5.64. The van der Waals surface area contributed by atoms with Crippen molar-refractivity contribution in [3.63, 3.8) is 0 Å². The number of ether oxygens (including phenoxy) is 1. The van der Waals surface area contributed by atoms with Crippen LogP contribution in [0.3, 0.4) is 0 Å². The summed E-state index contributed by atoms with van der Waals surface area (Å²) >= 11 is 0. The highest BCUT2D eigenvalue weighted by Crippen LogP contribution is 2.18. The van der Waals surface area contributed by atoms with Gasteiger partial charge in [0.2, 0.25) is 5.91 Å². The van der Waals surface area contributed by atoms with E-state index in [9.17, 15) is 4.79 Å². The van der Waals surface area contributed by atoms with Gasteiger partial charge in [-0.3, -0.25) is 4.79 Å². The molecule has 4 heteroatoms. The van der Waals surface area contributed by atoms with Crippen molar-refractivity contribution in [3.05, 3.63) is 0 Å². The molecule has 1 fully saturated rings. The summed E-state index contributed by atoms with van der Waals surface area (Å²) in [5, 5.41) is 2.98. The molecule has 0 aromatic carbocycles. The Morgan fingerprint density at radius 3 is 2.80 bits per heavy atom. The Hall–Kier alpha value is -0.610. The SMILES string of the molecule is CCC(C)C(N)C(=O)NC1(C)CCOC1. The Morgan fingerprint density at radius 1 is 1.67 bits per heavy atom. The highest BCUT2D eigenvalue weighted by molar-refractivity contribution is 5.82. The first-order valence-electron chi connectivity index (χ1n) is 5.64. The number of hydrogen-bond acceptors (Lipinski definition) is 3. The molecule has 4 nitrogen and oxygen atoms in total. The van der Waals surface area contributed by atoms with Gasteiger partial charge in [-0.2, -0.15) is 0 Å². The number of carbonyl (C=O) groups excluding carboxylic acids is 1. The Morgan fingerprint density at radius 2 is 2.33 bits per heavy atom. The largest absolute Gasteiger partial charge is 0.379 e. The molecule has 1 aliphatic heterocycles. The summed E-state index contributed by atoms with van der Waals surface area (Å²) in [6.45, 7) is 7.35. The maximum atomic E-state index is 11.8. The number of nitrogens with two attached hydrogens (primary N) is 1. The third-order valence-corrected chi connectivity index (χ3v) is 3.20. The lowest BCUT2D eigenvalue weighted by molar-refractivity contribution is -0.125. The van der Waals surface area contributed by atoms with E-state index in [2.05, 4.69) is 5.32 Å². The topological polar surface area (TPSA) is 64.4 Å². The van der Waals surface area contributed by atoms with Gasteiger partial charge in [0.1, 0.15) is 0 Å². The molecule has 0 spiro atoms. The number of hydrogen-bond donors (Lipinski definition) is 2. The second-order valence-corrected chi connectivity index (χ2v) is 4.76. The van der Waals surface area contributed by atoms with Gasteiger partial charge >= 0.3 is 0 Å². The van der Waals surface area contributed by atoms with Crippen molar-refractivity contribution in [2.75, 3.05) is 13.2 Å². The van der Waals surface area contributed by atoms with Crippen LogP contribution in [0.2, 0.25) is 0 Å². The standard InChI is InChI=1S/C11H22N2O2/c1-4-8(2)9(12)10(14)13-11(3)5-6-15-7-11/h8-9H,4-7,12H2,1-3H3,(H,13,14). The van der Waals surface area contributed by atoms with Gasteiger partial charge in [-0.25, -0.2) is 0 Å². The van der Waals surface area contributed by atoms with Crippen molar-refractivity contribution in [2.24, 2.45) is 11.7 Å². The Balaban J connectivity index is 2.47.